The summed E-state index contributed by atoms with van der Waals surface area (Å²) in [4.78, 5) is 11.6. The average molecular weight is 367 g/mol. The molecular weight excluding hydrogens is 359 g/mol. The molecule has 1 amide bonds. The minimum atomic E-state index is -4.05. The first-order valence-corrected chi connectivity index (χ1v) is 8.32. The van der Waals surface area contributed by atoms with Crippen LogP contribution in [0.25, 0.3) is 0 Å². The van der Waals surface area contributed by atoms with Gasteiger partial charge in [-0.15, -0.1) is 0 Å². The molecule has 0 atom stereocenters. The Morgan fingerprint density at radius 3 is 2.67 bits per heavy atom. The Morgan fingerprint density at radius 2 is 2.00 bits per heavy atom. The molecule has 0 saturated carbocycles. The van der Waals surface area contributed by atoms with E-state index in [4.69, 9.17) is 21.6 Å². The summed E-state index contributed by atoms with van der Waals surface area (Å²) in [6.45, 7) is 0. The summed E-state index contributed by atoms with van der Waals surface area (Å²) in [6, 6.07) is 7.68. The van der Waals surface area contributed by atoms with Crippen molar-refractivity contribution in [2.45, 2.75) is 4.90 Å². The van der Waals surface area contributed by atoms with E-state index in [1.807, 2.05) is 0 Å². The van der Waals surface area contributed by atoms with Crippen LogP contribution < -0.4 is 4.74 Å². The maximum atomic E-state index is 13.5. The number of sulfonamides is 1. The largest absolute Gasteiger partial charge is 0.456 e. The first-order chi connectivity index (χ1) is 11.3. The molecule has 0 saturated heterocycles. The number of ether oxygens (including phenoxy) is 1. The van der Waals surface area contributed by atoms with Gasteiger partial charge in [0, 0.05) is 13.1 Å². The molecule has 0 fully saturated rings. The van der Waals surface area contributed by atoms with Gasteiger partial charge in [0.15, 0.2) is 0 Å². The van der Waals surface area contributed by atoms with Gasteiger partial charge in [0.2, 0.25) is 0 Å². The highest BCUT2D eigenvalue weighted by Crippen LogP contribution is 2.41. The maximum Gasteiger partial charge on any atom is 0.268 e. The lowest BCUT2D eigenvalue weighted by Crippen LogP contribution is -2.24. The van der Waals surface area contributed by atoms with Gasteiger partial charge >= 0.3 is 0 Å². The molecule has 0 aromatic heterocycles. The predicted octanol–water partition coefficient (Wildman–Crippen LogP) is 2.92. The normalized spacial score (nSPS) is 15.1. The first kappa shape index (κ1) is 16.2. The van der Waals surface area contributed by atoms with E-state index < -0.39 is 21.7 Å². The lowest BCUT2D eigenvalue weighted by molar-refractivity contribution is 0.0891. The highest BCUT2D eigenvalue weighted by atomic mass is 35.5. The Labute approximate surface area is 141 Å². The van der Waals surface area contributed by atoms with Gasteiger partial charge in [0.25, 0.3) is 15.9 Å². The van der Waals surface area contributed by atoms with Crippen molar-refractivity contribution >= 4 is 27.5 Å². The van der Waals surface area contributed by atoms with Crippen molar-refractivity contribution in [3.8, 4) is 17.6 Å². The number of carbonyl (C=O) groups is 1. The van der Waals surface area contributed by atoms with Gasteiger partial charge in [-0.05, 0) is 24.3 Å². The van der Waals surface area contributed by atoms with Crippen LogP contribution in [0.15, 0.2) is 35.2 Å². The number of nitrogens with zero attached hydrogens (tertiary/aromatic N) is 2. The number of halogens is 2. The summed E-state index contributed by atoms with van der Waals surface area (Å²) in [5, 5.41) is 8.56. The number of nitriles is 1. The standard InChI is InChI=1S/C15H8ClFN2O4S/c1-19-15(20)11-2-3-12(13(16)14(11)24(19,21)22)23-10-5-8(7-18)4-9(17)6-10/h2-6H,1H3. The smallest absolute Gasteiger partial charge is 0.268 e. The number of amides is 1. The van der Waals surface area contributed by atoms with E-state index in [-0.39, 0.29) is 32.5 Å². The number of carbonyl (C=O) groups excluding carboxylic acids is 1. The third kappa shape index (κ3) is 2.38. The Kier molecular flexibility index (Phi) is 3.70. The summed E-state index contributed by atoms with van der Waals surface area (Å²) in [5.41, 5.74) is -0.0309. The highest BCUT2D eigenvalue weighted by molar-refractivity contribution is 7.90. The molecule has 0 spiro atoms. The molecule has 0 aliphatic carbocycles. The number of fused-ring (bicyclic) bond motifs is 1. The van der Waals surface area contributed by atoms with Gasteiger partial charge in [-0.25, -0.2) is 17.1 Å². The van der Waals surface area contributed by atoms with Crippen LogP contribution in [-0.4, -0.2) is 25.7 Å². The van der Waals surface area contributed by atoms with E-state index in [1.54, 1.807) is 6.07 Å². The summed E-state index contributed by atoms with van der Waals surface area (Å²) in [6.07, 6.45) is 0. The van der Waals surface area contributed by atoms with Gasteiger partial charge in [-0.1, -0.05) is 11.6 Å². The van der Waals surface area contributed by atoms with Gasteiger partial charge < -0.3 is 4.74 Å². The van der Waals surface area contributed by atoms with Crippen LogP contribution in [-0.2, 0) is 10.0 Å². The summed E-state index contributed by atoms with van der Waals surface area (Å²) >= 11 is 6.09. The number of hydrogen-bond donors (Lipinski definition) is 0. The van der Waals surface area contributed by atoms with E-state index >= 15 is 0 Å². The zero-order valence-corrected chi connectivity index (χ0v) is 13.7. The van der Waals surface area contributed by atoms with Crippen molar-refractivity contribution in [1.29, 1.82) is 5.26 Å². The summed E-state index contributed by atoms with van der Waals surface area (Å²) < 4.78 is 43.9. The number of hydrogen-bond acceptors (Lipinski definition) is 5. The predicted molar refractivity (Wildman–Crippen MR) is 81.9 cm³/mol. The fourth-order valence-corrected chi connectivity index (χ4v) is 4.11. The zero-order valence-electron chi connectivity index (χ0n) is 12.1. The molecular formula is C15H8ClFN2O4S. The second-order valence-electron chi connectivity index (χ2n) is 4.92. The second kappa shape index (κ2) is 5.47. The zero-order chi connectivity index (χ0) is 17.6. The molecule has 0 radical (unpaired) electrons. The van der Waals surface area contributed by atoms with Crippen molar-refractivity contribution in [2.75, 3.05) is 7.05 Å². The molecule has 0 unspecified atom stereocenters. The number of rotatable bonds is 2. The Morgan fingerprint density at radius 1 is 1.29 bits per heavy atom. The van der Waals surface area contributed by atoms with E-state index in [1.165, 1.54) is 18.2 Å². The number of benzene rings is 2. The van der Waals surface area contributed by atoms with Crippen LogP contribution in [0.3, 0.4) is 0 Å². The topological polar surface area (TPSA) is 87.5 Å². The van der Waals surface area contributed by atoms with Gasteiger partial charge in [-0.3, -0.25) is 4.79 Å². The molecule has 1 heterocycles. The molecule has 6 nitrogen and oxygen atoms in total. The minimum absolute atomic E-state index is 0.0246. The molecule has 2 aromatic carbocycles. The van der Waals surface area contributed by atoms with Crippen molar-refractivity contribution < 1.29 is 22.3 Å². The molecule has 24 heavy (non-hydrogen) atoms. The van der Waals surface area contributed by atoms with Crippen LogP contribution >= 0.6 is 11.6 Å². The molecule has 1 aliphatic heterocycles. The second-order valence-corrected chi connectivity index (χ2v) is 7.21. The quantitative estimate of drug-likeness (QED) is 0.815. The first-order valence-electron chi connectivity index (χ1n) is 6.50. The molecule has 2 aromatic rings. The van der Waals surface area contributed by atoms with Gasteiger partial charge in [0.1, 0.15) is 27.2 Å². The Hall–Kier alpha value is -2.63. The summed E-state index contributed by atoms with van der Waals surface area (Å²) in [5.74, 6) is -1.49. The van der Waals surface area contributed by atoms with Crippen LogP contribution in [0.4, 0.5) is 4.39 Å². The summed E-state index contributed by atoms with van der Waals surface area (Å²) in [7, 11) is -2.93. The van der Waals surface area contributed by atoms with Crippen LogP contribution in [0, 0.1) is 17.1 Å². The van der Waals surface area contributed by atoms with Crippen molar-refractivity contribution in [3.05, 3.63) is 52.3 Å². The minimum Gasteiger partial charge on any atom is -0.456 e. The van der Waals surface area contributed by atoms with E-state index in [0.29, 0.717) is 4.31 Å². The van der Waals surface area contributed by atoms with Crippen LogP contribution in [0.5, 0.6) is 11.5 Å². The van der Waals surface area contributed by atoms with E-state index in [9.17, 15) is 17.6 Å². The van der Waals surface area contributed by atoms with Crippen molar-refractivity contribution in [1.82, 2.24) is 4.31 Å². The van der Waals surface area contributed by atoms with Gasteiger partial charge in [-0.2, -0.15) is 5.26 Å². The lowest BCUT2D eigenvalue weighted by atomic mass is 10.2. The Balaban J connectivity index is 2.11. The molecule has 9 heteroatoms. The Bertz CT molecular complexity index is 1030. The molecule has 3 rings (SSSR count). The average Bonchev–Trinajstić information content (AvgIpc) is 2.70. The lowest BCUT2D eigenvalue weighted by Gasteiger charge is -2.10. The fourth-order valence-electron chi connectivity index (χ4n) is 2.27. The van der Waals surface area contributed by atoms with Crippen molar-refractivity contribution in [2.24, 2.45) is 0 Å². The van der Waals surface area contributed by atoms with Crippen LogP contribution in [0.2, 0.25) is 5.02 Å². The monoisotopic (exact) mass is 366 g/mol. The molecule has 122 valence electrons. The fraction of sp³-hybridized carbons (Fsp3) is 0.0667. The van der Waals surface area contributed by atoms with Gasteiger partial charge in [0.05, 0.1) is 17.2 Å². The third-order valence-electron chi connectivity index (χ3n) is 3.42. The molecule has 1 aliphatic rings. The van der Waals surface area contributed by atoms with E-state index in [2.05, 4.69) is 0 Å². The van der Waals surface area contributed by atoms with Crippen molar-refractivity contribution in [3.63, 3.8) is 0 Å². The molecule has 0 N–H and O–H groups in total. The molecule has 0 bridgehead atoms. The SMILES string of the molecule is CN1C(=O)c2ccc(Oc3cc(F)cc(C#N)c3)c(Cl)c2S1(=O)=O. The maximum absolute atomic E-state index is 13.5. The third-order valence-corrected chi connectivity index (χ3v) is 5.74. The van der Waals surface area contributed by atoms with E-state index in [0.717, 1.165) is 19.2 Å². The highest BCUT2D eigenvalue weighted by Gasteiger charge is 2.41. The van der Waals surface area contributed by atoms with Crippen LogP contribution in [0.1, 0.15) is 15.9 Å².